The normalized spacial score (nSPS) is 13.9. The average Bonchev–Trinajstić information content (AvgIpc) is 2.99. The van der Waals surface area contributed by atoms with Crippen molar-refractivity contribution in [1.29, 1.82) is 0 Å². The van der Waals surface area contributed by atoms with E-state index in [4.69, 9.17) is 0 Å². The maximum Gasteiger partial charge on any atom is 0.262 e. The topological polar surface area (TPSA) is 66.5 Å². The van der Waals surface area contributed by atoms with Crippen molar-refractivity contribution >= 4 is 36.0 Å². The van der Waals surface area contributed by atoms with E-state index >= 15 is 0 Å². The standard InChI is InChI=1S/C23H18N2O3S/c26-21(24-18-12-6-7-13-20(18)29)19(14-15-8-2-1-3-9-15)25-22(27)16-10-4-5-11-17(16)23(25)28/h1-13,19,29H,14H2,(H,24,26). The number of para-hydroxylation sites is 1. The summed E-state index contributed by atoms with van der Waals surface area (Å²) < 4.78 is 0. The van der Waals surface area contributed by atoms with Gasteiger partial charge < -0.3 is 5.32 Å². The molecular weight excluding hydrogens is 384 g/mol. The van der Waals surface area contributed by atoms with Gasteiger partial charge in [0.25, 0.3) is 11.8 Å². The SMILES string of the molecule is O=C(Nc1ccccc1S)C(Cc1ccccc1)N1C(=O)c2ccccc2C1=O. The van der Waals surface area contributed by atoms with Gasteiger partial charge in [-0.2, -0.15) is 0 Å². The Labute approximate surface area is 173 Å². The van der Waals surface area contributed by atoms with Gasteiger partial charge in [0.05, 0.1) is 16.8 Å². The van der Waals surface area contributed by atoms with Crippen molar-refractivity contribution in [3.8, 4) is 0 Å². The smallest absolute Gasteiger partial charge is 0.262 e. The van der Waals surface area contributed by atoms with Crippen LogP contribution in [0.3, 0.4) is 0 Å². The molecule has 0 radical (unpaired) electrons. The van der Waals surface area contributed by atoms with E-state index in [9.17, 15) is 14.4 Å². The van der Waals surface area contributed by atoms with E-state index < -0.39 is 23.8 Å². The first kappa shape index (κ1) is 19.0. The Kier molecular flexibility index (Phi) is 5.18. The van der Waals surface area contributed by atoms with Crippen LogP contribution in [0.25, 0.3) is 0 Å². The summed E-state index contributed by atoms with van der Waals surface area (Å²) >= 11 is 4.36. The van der Waals surface area contributed by atoms with E-state index in [2.05, 4.69) is 17.9 Å². The summed E-state index contributed by atoms with van der Waals surface area (Å²) in [6, 6.07) is 22.0. The summed E-state index contributed by atoms with van der Waals surface area (Å²) in [4.78, 5) is 40.8. The van der Waals surface area contributed by atoms with E-state index in [0.717, 1.165) is 10.5 Å². The molecule has 1 aliphatic rings. The first-order valence-electron chi connectivity index (χ1n) is 9.16. The van der Waals surface area contributed by atoms with Crippen molar-refractivity contribution in [3.63, 3.8) is 0 Å². The maximum atomic E-state index is 13.2. The molecule has 144 valence electrons. The summed E-state index contributed by atoms with van der Waals surface area (Å²) in [5.41, 5.74) is 2.01. The molecule has 4 rings (SSSR count). The second-order valence-electron chi connectivity index (χ2n) is 6.74. The Hall–Kier alpha value is -3.38. The summed E-state index contributed by atoms with van der Waals surface area (Å²) in [5.74, 6) is -1.36. The number of hydrogen-bond donors (Lipinski definition) is 2. The van der Waals surface area contributed by atoms with Crippen molar-refractivity contribution in [1.82, 2.24) is 4.90 Å². The van der Waals surface area contributed by atoms with Gasteiger partial charge in [-0.15, -0.1) is 12.6 Å². The van der Waals surface area contributed by atoms with E-state index in [1.54, 1.807) is 42.5 Å². The minimum absolute atomic E-state index is 0.215. The fraction of sp³-hybridized carbons (Fsp3) is 0.0870. The highest BCUT2D eigenvalue weighted by molar-refractivity contribution is 7.80. The maximum absolute atomic E-state index is 13.2. The van der Waals surface area contributed by atoms with Gasteiger partial charge in [-0.05, 0) is 29.8 Å². The summed E-state index contributed by atoms with van der Waals surface area (Å²) in [6.45, 7) is 0. The summed E-state index contributed by atoms with van der Waals surface area (Å²) in [7, 11) is 0. The number of nitrogens with one attached hydrogen (secondary N) is 1. The van der Waals surface area contributed by atoms with Gasteiger partial charge in [-0.1, -0.05) is 54.6 Å². The molecule has 0 saturated carbocycles. The third-order valence-corrected chi connectivity index (χ3v) is 5.26. The van der Waals surface area contributed by atoms with Crippen LogP contribution in [0.2, 0.25) is 0 Å². The number of rotatable bonds is 5. The number of anilines is 1. The number of carbonyl (C=O) groups is 3. The lowest BCUT2D eigenvalue weighted by molar-refractivity contribution is -0.119. The molecule has 0 aromatic heterocycles. The van der Waals surface area contributed by atoms with Crippen molar-refractivity contribution in [3.05, 3.63) is 95.6 Å². The monoisotopic (exact) mass is 402 g/mol. The van der Waals surface area contributed by atoms with Gasteiger partial charge in [-0.25, -0.2) is 0 Å². The lowest BCUT2D eigenvalue weighted by atomic mass is 10.0. The van der Waals surface area contributed by atoms with Crippen LogP contribution >= 0.6 is 12.6 Å². The van der Waals surface area contributed by atoms with E-state index in [-0.39, 0.29) is 6.42 Å². The molecule has 1 N–H and O–H groups in total. The van der Waals surface area contributed by atoms with E-state index in [1.165, 1.54) is 0 Å². The molecule has 0 spiro atoms. The summed E-state index contributed by atoms with van der Waals surface area (Å²) in [6.07, 6.45) is 0.215. The first-order chi connectivity index (χ1) is 14.1. The molecule has 3 aromatic rings. The van der Waals surface area contributed by atoms with Crippen LogP contribution in [0.4, 0.5) is 5.69 Å². The molecular formula is C23H18N2O3S. The van der Waals surface area contributed by atoms with Crippen LogP contribution in [0.1, 0.15) is 26.3 Å². The van der Waals surface area contributed by atoms with Crippen LogP contribution in [0, 0.1) is 0 Å². The molecule has 29 heavy (non-hydrogen) atoms. The van der Waals surface area contributed by atoms with E-state index in [1.807, 2.05) is 36.4 Å². The quantitative estimate of drug-likeness (QED) is 0.504. The molecule has 5 nitrogen and oxygen atoms in total. The largest absolute Gasteiger partial charge is 0.323 e. The molecule has 1 atom stereocenters. The number of nitrogens with zero attached hydrogens (tertiary/aromatic N) is 1. The van der Waals surface area contributed by atoms with Gasteiger partial charge in [0.15, 0.2) is 0 Å². The molecule has 1 unspecified atom stereocenters. The number of fused-ring (bicyclic) bond motifs is 1. The molecule has 0 bridgehead atoms. The molecule has 0 saturated heterocycles. The number of imide groups is 1. The highest BCUT2D eigenvalue weighted by atomic mass is 32.1. The minimum Gasteiger partial charge on any atom is -0.323 e. The predicted molar refractivity (Wildman–Crippen MR) is 113 cm³/mol. The van der Waals surface area contributed by atoms with Gasteiger partial charge in [0, 0.05) is 11.3 Å². The molecule has 1 aliphatic heterocycles. The second kappa shape index (κ2) is 7.93. The Morgan fingerprint density at radius 3 is 2.00 bits per heavy atom. The molecule has 6 heteroatoms. The highest BCUT2D eigenvalue weighted by Gasteiger charge is 2.42. The summed E-state index contributed by atoms with van der Waals surface area (Å²) in [5, 5.41) is 2.81. The Balaban J connectivity index is 1.69. The number of thiol groups is 1. The van der Waals surface area contributed by atoms with Gasteiger partial charge in [0.1, 0.15) is 6.04 Å². The van der Waals surface area contributed by atoms with Crippen molar-refractivity contribution < 1.29 is 14.4 Å². The zero-order valence-electron chi connectivity index (χ0n) is 15.4. The van der Waals surface area contributed by atoms with Crippen molar-refractivity contribution in [2.45, 2.75) is 17.4 Å². The van der Waals surface area contributed by atoms with Gasteiger partial charge >= 0.3 is 0 Å². The predicted octanol–water partition coefficient (Wildman–Crippen LogP) is 3.82. The number of hydrogen-bond acceptors (Lipinski definition) is 4. The van der Waals surface area contributed by atoms with Crippen molar-refractivity contribution in [2.24, 2.45) is 0 Å². The Morgan fingerprint density at radius 1 is 0.828 bits per heavy atom. The lowest BCUT2D eigenvalue weighted by Crippen LogP contribution is -2.48. The number of amides is 3. The van der Waals surface area contributed by atoms with Gasteiger partial charge in [0.2, 0.25) is 5.91 Å². The number of benzene rings is 3. The third-order valence-electron chi connectivity index (χ3n) is 4.87. The van der Waals surface area contributed by atoms with Crippen LogP contribution in [0.5, 0.6) is 0 Å². The van der Waals surface area contributed by atoms with Gasteiger partial charge in [-0.3, -0.25) is 19.3 Å². The van der Waals surface area contributed by atoms with Crippen LogP contribution in [-0.4, -0.2) is 28.7 Å². The average molecular weight is 402 g/mol. The van der Waals surface area contributed by atoms with Crippen molar-refractivity contribution in [2.75, 3.05) is 5.32 Å². The molecule has 0 aliphatic carbocycles. The zero-order valence-corrected chi connectivity index (χ0v) is 16.3. The van der Waals surface area contributed by atoms with Crippen LogP contribution in [-0.2, 0) is 11.2 Å². The first-order valence-corrected chi connectivity index (χ1v) is 9.60. The third kappa shape index (κ3) is 3.67. The Morgan fingerprint density at radius 2 is 1.38 bits per heavy atom. The molecule has 3 aromatic carbocycles. The van der Waals surface area contributed by atoms with Crippen LogP contribution in [0.15, 0.2) is 83.8 Å². The lowest BCUT2D eigenvalue weighted by Gasteiger charge is -2.26. The fourth-order valence-corrected chi connectivity index (χ4v) is 3.64. The van der Waals surface area contributed by atoms with Crippen LogP contribution < -0.4 is 5.32 Å². The Bertz CT molecular complexity index is 1060. The highest BCUT2D eigenvalue weighted by Crippen LogP contribution is 2.27. The second-order valence-corrected chi connectivity index (χ2v) is 7.22. The molecule has 0 fully saturated rings. The fourth-order valence-electron chi connectivity index (χ4n) is 3.42. The number of carbonyl (C=O) groups excluding carboxylic acids is 3. The zero-order chi connectivity index (χ0) is 20.4. The molecule has 1 heterocycles. The van der Waals surface area contributed by atoms with E-state index in [0.29, 0.717) is 21.7 Å². The molecule has 3 amide bonds. The minimum atomic E-state index is -0.988.